The molecule has 0 saturated carbocycles. The number of ketones is 1. The molecule has 2 aromatic carbocycles. The first-order chi connectivity index (χ1) is 18.0. The number of carboxylic acids is 1. The predicted molar refractivity (Wildman–Crippen MR) is 143 cm³/mol. The van der Waals surface area contributed by atoms with Crippen LogP contribution in [-0.2, 0) is 16.8 Å². The van der Waals surface area contributed by atoms with Crippen molar-refractivity contribution in [2.75, 3.05) is 31.7 Å². The van der Waals surface area contributed by atoms with Gasteiger partial charge in [0.2, 0.25) is 0 Å². The van der Waals surface area contributed by atoms with E-state index in [2.05, 4.69) is 0 Å². The number of ether oxygens (including phenoxy) is 2. The lowest BCUT2D eigenvalue weighted by molar-refractivity contribution is -0.143. The second-order valence-electron chi connectivity index (χ2n) is 10.4. The zero-order chi connectivity index (χ0) is 27.9. The highest BCUT2D eigenvalue weighted by Crippen LogP contribution is 2.48. The van der Waals surface area contributed by atoms with Crippen LogP contribution in [0, 0.1) is 17.1 Å². The Kier molecular flexibility index (Phi) is 7.41. The number of amidine groups is 1. The minimum absolute atomic E-state index is 0.0164. The molecule has 8 nitrogen and oxygen atoms in total. The smallest absolute Gasteiger partial charge is 0.308 e. The number of carbonyl (C=O) groups excluding carboxylic acids is 1. The minimum atomic E-state index is -0.833. The molecule has 2 aliphatic heterocycles. The second kappa shape index (κ2) is 10.3. The molecule has 0 aromatic heterocycles. The molecule has 2 atom stereocenters. The molecule has 0 amide bonds. The number of hydrogen-bond acceptors (Lipinski definition) is 6. The number of halogens is 1. The minimum Gasteiger partial charge on any atom is -0.490 e. The molecule has 0 aliphatic carbocycles. The summed E-state index contributed by atoms with van der Waals surface area (Å²) in [5, 5.41) is 18.4. The molecule has 38 heavy (non-hydrogen) atoms. The van der Waals surface area contributed by atoms with E-state index in [1.165, 1.54) is 0 Å². The molecule has 204 valence electrons. The average molecular weight is 526 g/mol. The second-order valence-corrected chi connectivity index (χ2v) is 10.4. The summed E-state index contributed by atoms with van der Waals surface area (Å²) in [7, 11) is 1.90. The Morgan fingerprint density at radius 2 is 1.87 bits per heavy atom. The number of rotatable bonds is 10. The lowest BCUT2D eigenvalue weighted by Crippen LogP contribution is -2.47. The maximum Gasteiger partial charge on any atom is 0.308 e. The number of hydrogen-bond donors (Lipinski definition) is 2. The van der Waals surface area contributed by atoms with Crippen molar-refractivity contribution in [1.29, 1.82) is 5.41 Å². The number of carboxylic acid groups (broad SMARTS) is 1. The Morgan fingerprint density at radius 3 is 2.47 bits per heavy atom. The fourth-order valence-corrected chi connectivity index (χ4v) is 6.06. The molecule has 2 heterocycles. The molecule has 4 rings (SSSR count). The van der Waals surface area contributed by atoms with Crippen LogP contribution < -0.4 is 14.4 Å². The monoisotopic (exact) mass is 525 g/mol. The van der Waals surface area contributed by atoms with E-state index >= 15 is 4.39 Å². The number of benzene rings is 2. The average Bonchev–Trinajstić information content (AvgIpc) is 3.27. The SMILES string of the molecule is CCOc1cc2c(c(F)c1OCC)C(=N)N(CC(=O)c1ccc3c(c1)C(C)(C)C(C(CC)C(=O)O)N3C)C2. The molecule has 0 radical (unpaired) electrons. The molecular weight excluding hydrogens is 489 g/mol. The maximum atomic E-state index is 15.4. The van der Waals surface area contributed by atoms with Crippen LogP contribution in [0.15, 0.2) is 24.3 Å². The standard InChI is InChI=1S/C29H36FN3O5/c1-7-18(28(35)36)26-29(4,5)19-12-16(10-11-20(19)32(26)6)21(34)15-33-14-17-13-22(37-8-2)25(38-9-3)24(30)23(17)27(33)31/h10-13,18,26,31H,7-9,14-15H2,1-6H3,(H,35,36). The van der Waals surface area contributed by atoms with E-state index in [0.717, 1.165) is 11.3 Å². The zero-order valence-electron chi connectivity index (χ0n) is 22.9. The summed E-state index contributed by atoms with van der Waals surface area (Å²) in [5.74, 6) is -2.03. The van der Waals surface area contributed by atoms with Crippen LogP contribution in [0.1, 0.15) is 68.1 Å². The number of carbonyl (C=O) groups is 2. The number of nitrogens with zero attached hydrogens (tertiary/aromatic N) is 2. The van der Waals surface area contributed by atoms with Gasteiger partial charge in [-0.25, -0.2) is 4.39 Å². The third-order valence-corrected chi connectivity index (χ3v) is 7.79. The molecule has 0 bridgehead atoms. The van der Waals surface area contributed by atoms with Crippen molar-refractivity contribution in [2.45, 2.75) is 59.0 Å². The first kappa shape index (κ1) is 27.4. The van der Waals surface area contributed by atoms with Crippen LogP contribution in [-0.4, -0.2) is 60.4 Å². The Balaban J connectivity index is 1.60. The van der Waals surface area contributed by atoms with Gasteiger partial charge < -0.3 is 24.4 Å². The van der Waals surface area contributed by atoms with Gasteiger partial charge in [0.1, 0.15) is 5.84 Å². The lowest BCUT2D eigenvalue weighted by atomic mass is 9.74. The van der Waals surface area contributed by atoms with E-state index in [4.69, 9.17) is 14.9 Å². The van der Waals surface area contributed by atoms with Gasteiger partial charge in [-0.3, -0.25) is 15.0 Å². The third-order valence-electron chi connectivity index (χ3n) is 7.79. The number of Topliss-reactive ketones (excluding diaryl/α,β-unsaturated/α-hetero) is 1. The van der Waals surface area contributed by atoms with Crippen LogP contribution >= 0.6 is 0 Å². The summed E-state index contributed by atoms with van der Waals surface area (Å²) in [6.07, 6.45) is 0.498. The van der Waals surface area contributed by atoms with E-state index < -0.39 is 23.1 Å². The van der Waals surface area contributed by atoms with Gasteiger partial charge >= 0.3 is 5.97 Å². The van der Waals surface area contributed by atoms with Crippen LogP contribution in [0.5, 0.6) is 11.5 Å². The molecule has 2 aliphatic rings. The fraction of sp³-hybridized carbons (Fsp3) is 0.483. The van der Waals surface area contributed by atoms with Crippen molar-refractivity contribution in [1.82, 2.24) is 4.90 Å². The van der Waals surface area contributed by atoms with Crippen molar-refractivity contribution in [2.24, 2.45) is 5.92 Å². The Labute approximate surface area is 222 Å². The predicted octanol–water partition coefficient (Wildman–Crippen LogP) is 4.85. The van der Waals surface area contributed by atoms with E-state index in [1.54, 1.807) is 30.9 Å². The van der Waals surface area contributed by atoms with Gasteiger partial charge in [0, 0.05) is 30.3 Å². The number of nitrogens with one attached hydrogen (secondary N) is 1. The van der Waals surface area contributed by atoms with Gasteiger partial charge in [-0.2, -0.15) is 0 Å². The Morgan fingerprint density at radius 1 is 1.18 bits per heavy atom. The summed E-state index contributed by atoms with van der Waals surface area (Å²) in [5.41, 5.74) is 2.51. The lowest BCUT2D eigenvalue weighted by Gasteiger charge is -2.36. The normalized spacial score (nSPS) is 18.3. The summed E-state index contributed by atoms with van der Waals surface area (Å²) >= 11 is 0. The molecule has 0 fully saturated rings. The van der Waals surface area contributed by atoms with Gasteiger partial charge in [0.05, 0.1) is 37.3 Å². The topological polar surface area (TPSA) is 103 Å². The van der Waals surface area contributed by atoms with E-state index in [0.29, 0.717) is 24.2 Å². The Hall–Kier alpha value is -3.62. The van der Waals surface area contributed by atoms with Crippen molar-refractivity contribution in [3.05, 3.63) is 52.3 Å². The summed E-state index contributed by atoms with van der Waals surface area (Å²) in [6, 6.07) is 6.88. The van der Waals surface area contributed by atoms with Gasteiger partial charge in [-0.05, 0) is 55.7 Å². The first-order valence-electron chi connectivity index (χ1n) is 13.1. The summed E-state index contributed by atoms with van der Waals surface area (Å²) < 4.78 is 26.4. The summed E-state index contributed by atoms with van der Waals surface area (Å²) in [6.45, 7) is 10.2. The molecule has 9 heteroatoms. The van der Waals surface area contributed by atoms with Crippen molar-refractivity contribution in [3.8, 4) is 11.5 Å². The van der Waals surface area contributed by atoms with Crippen LogP contribution in [0.2, 0.25) is 0 Å². The highest BCUT2D eigenvalue weighted by atomic mass is 19.1. The zero-order valence-corrected chi connectivity index (χ0v) is 22.9. The quantitative estimate of drug-likeness (QED) is 0.427. The van der Waals surface area contributed by atoms with Crippen molar-refractivity contribution in [3.63, 3.8) is 0 Å². The van der Waals surface area contributed by atoms with E-state index in [-0.39, 0.29) is 54.4 Å². The van der Waals surface area contributed by atoms with E-state index in [1.807, 2.05) is 44.9 Å². The van der Waals surface area contributed by atoms with E-state index in [9.17, 15) is 14.7 Å². The molecule has 2 N–H and O–H groups in total. The van der Waals surface area contributed by atoms with Crippen molar-refractivity contribution < 1.29 is 28.6 Å². The molecule has 0 spiro atoms. The Bertz CT molecular complexity index is 1290. The number of anilines is 1. The van der Waals surface area contributed by atoms with Gasteiger partial charge in [0.25, 0.3) is 0 Å². The molecule has 2 unspecified atom stereocenters. The van der Waals surface area contributed by atoms with Gasteiger partial charge in [0.15, 0.2) is 23.1 Å². The first-order valence-corrected chi connectivity index (χ1v) is 13.1. The highest BCUT2D eigenvalue weighted by molar-refractivity contribution is 6.06. The van der Waals surface area contributed by atoms with Crippen molar-refractivity contribution >= 4 is 23.3 Å². The number of likely N-dealkylation sites (N-methyl/N-ethyl adjacent to an activating group) is 1. The fourth-order valence-electron chi connectivity index (χ4n) is 6.06. The largest absolute Gasteiger partial charge is 0.490 e. The van der Waals surface area contributed by atoms with Crippen LogP contribution in [0.25, 0.3) is 0 Å². The van der Waals surface area contributed by atoms with Gasteiger partial charge in [-0.15, -0.1) is 0 Å². The summed E-state index contributed by atoms with van der Waals surface area (Å²) in [4.78, 5) is 28.9. The highest BCUT2D eigenvalue weighted by Gasteiger charge is 2.48. The third kappa shape index (κ3) is 4.37. The maximum absolute atomic E-state index is 15.4. The van der Waals surface area contributed by atoms with Crippen LogP contribution in [0.4, 0.5) is 10.1 Å². The van der Waals surface area contributed by atoms with Gasteiger partial charge in [-0.1, -0.05) is 20.8 Å². The van der Waals surface area contributed by atoms with Crippen LogP contribution in [0.3, 0.4) is 0 Å². The number of aliphatic carboxylic acids is 1. The number of fused-ring (bicyclic) bond motifs is 2. The molecule has 2 aromatic rings. The molecule has 0 saturated heterocycles. The molecular formula is C29H36FN3O5.